The Kier molecular flexibility index (Phi) is 6.80. The maximum absolute atomic E-state index is 12.9. The molecule has 0 bridgehead atoms. The molecule has 0 aliphatic carbocycles. The van der Waals surface area contributed by atoms with Gasteiger partial charge >= 0.3 is 21.7 Å². The molecule has 1 aromatic carbocycles. The van der Waals surface area contributed by atoms with Gasteiger partial charge in [-0.25, -0.2) is 4.79 Å². The molecule has 1 fully saturated rings. The van der Waals surface area contributed by atoms with Crippen LogP contribution in [-0.2, 0) is 30.2 Å². The summed E-state index contributed by atoms with van der Waals surface area (Å²) < 4.78 is 76.0. The highest BCUT2D eigenvalue weighted by Gasteiger charge is 2.53. The van der Waals surface area contributed by atoms with Gasteiger partial charge in [-0.1, -0.05) is 30.3 Å². The highest BCUT2D eigenvalue weighted by molar-refractivity contribution is 7.87. The van der Waals surface area contributed by atoms with E-state index in [2.05, 4.69) is 4.18 Å². The van der Waals surface area contributed by atoms with Crippen LogP contribution in [0.5, 0.6) is 0 Å². The van der Waals surface area contributed by atoms with Crippen molar-refractivity contribution in [3.05, 3.63) is 35.9 Å². The maximum atomic E-state index is 12.9. The molecule has 1 aromatic rings. The second-order valence-corrected chi connectivity index (χ2v) is 10.0. The number of alkyl halides is 3. The Hall–Kier alpha value is -1.85. The molecule has 1 heterocycles. The van der Waals surface area contributed by atoms with E-state index in [1.54, 1.807) is 65.0 Å². The first kappa shape index (κ1) is 24.4. The summed E-state index contributed by atoms with van der Waals surface area (Å²) in [5.74, 6) is 0. The molecule has 0 unspecified atom stereocenters. The van der Waals surface area contributed by atoms with E-state index in [0.717, 1.165) is 5.56 Å². The van der Waals surface area contributed by atoms with Crippen molar-refractivity contribution >= 4 is 16.2 Å². The van der Waals surface area contributed by atoms with Crippen LogP contribution in [0.15, 0.2) is 30.3 Å². The van der Waals surface area contributed by atoms with E-state index in [1.807, 2.05) is 0 Å². The highest BCUT2D eigenvalue weighted by Crippen LogP contribution is 2.36. The van der Waals surface area contributed by atoms with Crippen molar-refractivity contribution in [2.24, 2.45) is 0 Å². The van der Waals surface area contributed by atoms with Gasteiger partial charge in [0.05, 0.1) is 12.6 Å². The molecule has 2 atom stereocenters. The summed E-state index contributed by atoms with van der Waals surface area (Å²) in [4.78, 5) is 14.1. The Morgan fingerprint density at radius 2 is 1.73 bits per heavy atom. The lowest BCUT2D eigenvalue weighted by atomic mass is 10.0. The number of carbonyl (C=O) groups excluding carboxylic acids is 1. The average molecular weight is 453 g/mol. The van der Waals surface area contributed by atoms with E-state index in [0.29, 0.717) is 0 Å². The molecular weight excluding hydrogens is 427 g/mol. The number of nitrogens with zero attached hydrogens (tertiary/aromatic N) is 1. The monoisotopic (exact) mass is 453 g/mol. The molecule has 0 aromatic heterocycles. The molecule has 1 aliphatic rings. The number of ether oxygens (including phenoxy) is 2. The van der Waals surface area contributed by atoms with Gasteiger partial charge < -0.3 is 9.47 Å². The van der Waals surface area contributed by atoms with Crippen molar-refractivity contribution in [1.29, 1.82) is 0 Å². The van der Waals surface area contributed by atoms with Crippen molar-refractivity contribution in [2.45, 2.75) is 70.0 Å². The van der Waals surface area contributed by atoms with E-state index in [4.69, 9.17) is 9.47 Å². The Labute approximate surface area is 174 Å². The first-order chi connectivity index (χ1) is 13.5. The van der Waals surface area contributed by atoms with Gasteiger partial charge in [0.25, 0.3) is 0 Å². The summed E-state index contributed by atoms with van der Waals surface area (Å²) in [6.45, 7) is 7.23. The average Bonchev–Trinajstić information content (AvgIpc) is 2.81. The molecular formula is C19H26F3NO6S. The number of benzene rings is 1. The predicted molar refractivity (Wildman–Crippen MR) is 102 cm³/mol. The second-order valence-electron chi connectivity index (χ2n) is 8.39. The van der Waals surface area contributed by atoms with Crippen LogP contribution in [0.2, 0.25) is 0 Å². The van der Waals surface area contributed by atoms with Crippen LogP contribution < -0.4 is 0 Å². The maximum Gasteiger partial charge on any atom is 0.523 e. The molecule has 0 N–H and O–H groups in total. The Balaban J connectivity index is 2.34. The van der Waals surface area contributed by atoms with Crippen molar-refractivity contribution in [1.82, 2.24) is 4.90 Å². The molecule has 170 valence electrons. The molecule has 0 radical (unpaired) electrons. The van der Waals surface area contributed by atoms with Crippen LogP contribution >= 0.6 is 0 Å². The van der Waals surface area contributed by atoms with E-state index in [1.165, 1.54) is 4.90 Å². The lowest BCUT2D eigenvalue weighted by Gasteiger charge is -2.35. The lowest BCUT2D eigenvalue weighted by Crippen LogP contribution is -2.51. The fourth-order valence-corrected chi connectivity index (χ4v) is 3.63. The molecule has 30 heavy (non-hydrogen) atoms. The summed E-state index contributed by atoms with van der Waals surface area (Å²) in [6.07, 6.45) is -1.66. The van der Waals surface area contributed by atoms with Gasteiger partial charge in [0.1, 0.15) is 17.4 Å². The van der Waals surface area contributed by atoms with Gasteiger partial charge in [0.15, 0.2) is 0 Å². The topological polar surface area (TPSA) is 82.1 Å². The van der Waals surface area contributed by atoms with Gasteiger partial charge in [-0.05, 0) is 46.6 Å². The largest absolute Gasteiger partial charge is 0.523 e. The van der Waals surface area contributed by atoms with Gasteiger partial charge in [0, 0.05) is 0 Å². The molecule has 1 saturated heterocycles. The number of hydrogen-bond acceptors (Lipinski definition) is 6. The quantitative estimate of drug-likeness (QED) is 0.498. The minimum absolute atomic E-state index is 0.198. The minimum Gasteiger partial charge on any atom is -0.444 e. The van der Waals surface area contributed by atoms with Crippen molar-refractivity contribution in [3.63, 3.8) is 0 Å². The smallest absolute Gasteiger partial charge is 0.444 e. The van der Waals surface area contributed by atoms with Crippen molar-refractivity contribution in [2.75, 3.05) is 6.61 Å². The number of amides is 1. The molecule has 1 amide bonds. The fraction of sp³-hybridized carbons (Fsp3) is 0.632. The highest BCUT2D eigenvalue weighted by atomic mass is 32.2. The third-order valence-electron chi connectivity index (χ3n) is 4.33. The Morgan fingerprint density at radius 1 is 1.17 bits per heavy atom. The Morgan fingerprint density at radius 3 is 2.23 bits per heavy atom. The summed E-state index contributed by atoms with van der Waals surface area (Å²) in [7, 11) is -5.80. The lowest BCUT2D eigenvalue weighted by molar-refractivity contribution is -0.0879. The molecule has 0 saturated carbocycles. The zero-order chi connectivity index (χ0) is 23.0. The van der Waals surface area contributed by atoms with Crippen LogP contribution in [0.3, 0.4) is 0 Å². The SMILES string of the molecule is CC(C)(C)OC(=O)N1[C@@H](Cc2ccccc2)[C@@H](COS(=O)(=O)C(F)(F)F)OC1(C)C. The van der Waals surface area contributed by atoms with Gasteiger partial charge in [-0.3, -0.25) is 9.08 Å². The third kappa shape index (κ3) is 5.86. The van der Waals surface area contributed by atoms with E-state index < -0.39 is 51.8 Å². The van der Waals surface area contributed by atoms with Crippen LogP contribution in [0.1, 0.15) is 40.2 Å². The summed E-state index contributed by atoms with van der Waals surface area (Å²) in [5, 5.41) is 0. The summed E-state index contributed by atoms with van der Waals surface area (Å²) in [5.41, 5.74) is -6.86. The second kappa shape index (κ2) is 8.35. The van der Waals surface area contributed by atoms with Crippen molar-refractivity contribution in [3.8, 4) is 0 Å². The number of carbonyl (C=O) groups is 1. The molecule has 1 aliphatic heterocycles. The van der Waals surface area contributed by atoms with Crippen LogP contribution in [0.4, 0.5) is 18.0 Å². The summed E-state index contributed by atoms with van der Waals surface area (Å²) >= 11 is 0. The van der Waals surface area contributed by atoms with Gasteiger partial charge in [0.2, 0.25) is 0 Å². The third-order valence-corrected chi connectivity index (χ3v) is 5.34. The van der Waals surface area contributed by atoms with E-state index >= 15 is 0 Å². The van der Waals surface area contributed by atoms with Crippen LogP contribution in [-0.4, -0.2) is 55.0 Å². The summed E-state index contributed by atoms with van der Waals surface area (Å²) in [6, 6.07) is 8.08. The standard InChI is InChI=1S/C19H26F3NO6S/c1-17(2,3)29-16(24)23-14(11-13-9-7-6-8-10-13)15(28-18(23,4)5)12-27-30(25,26)19(20,21)22/h6-10,14-15H,11-12H2,1-5H3/t14-,15+/m0/s1. The number of hydrogen-bond donors (Lipinski definition) is 0. The first-order valence-electron chi connectivity index (χ1n) is 9.23. The molecule has 7 nitrogen and oxygen atoms in total. The first-order valence-corrected chi connectivity index (χ1v) is 10.6. The predicted octanol–water partition coefficient (Wildman–Crippen LogP) is 3.84. The zero-order valence-electron chi connectivity index (χ0n) is 17.4. The molecule has 2 rings (SSSR count). The minimum atomic E-state index is -5.80. The van der Waals surface area contributed by atoms with Crippen LogP contribution in [0.25, 0.3) is 0 Å². The number of halogens is 3. The molecule has 11 heteroatoms. The van der Waals surface area contributed by atoms with Gasteiger partial charge in [-0.2, -0.15) is 21.6 Å². The van der Waals surface area contributed by atoms with E-state index in [9.17, 15) is 26.4 Å². The van der Waals surface area contributed by atoms with E-state index in [-0.39, 0.29) is 6.42 Å². The normalized spacial score (nSPS) is 22.2. The van der Waals surface area contributed by atoms with Crippen molar-refractivity contribution < 1.29 is 40.0 Å². The Bertz CT molecular complexity index is 849. The zero-order valence-corrected chi connectivity index (χ0v) is 18.2. The van der Waals surface area contributed by atoms with Crippen LogP contribution in [0, 0.1) is 0 Å². The number of rotatable bonds is 5. The fourth-order valence-electron chi connectivity index (χ4n) is 3.18. The van der Waals surface area contributed by atoms with Gasteiger partial charge in [-0.15, -0.1) is 0 Å². The molecule has 0 spiro atoms.